The highest BCUT2D eigenvalue weighted by Crippen LogP contribution is 2.36. The second-order valence-corrected chi connectivity index (χ2v) is 5.88. The molecule has 2 atom stereocenters. The van der Waals surface area contributed by atoms with Gasteiger partial charge in [-0.15, -0.1) is 0 Å². The van der Waals surface area contributed by atoms with E-state index in [0.29, 0.717) is 6.04 Å². The maximum absolute atomic E-state index is 9.47. The Bertz CT molecular complexity index is 305. The van der Waals surface area contributed by atoms with Gasteiger partial charge in [-0.05, 0) is 40.3 Å². The molecule has 0 radical (unpaired) electrons. The Morgan fingerprint density at radius 2 is 2.18 bits per heavy atom. The van der Waals surface area contributed by atoms with E-state index in [4.69, 9.17) is 0 Å². The van der Waals surface area contributed by atoms with Crippen LogP contribution in [0, 0.1) is 11.3 Å². The van der Waals surface area contributed by atoms with Gasteiger partial charge >= 0.3 is 0 Å². The summed E-state index contributed by atoms with van der Waals surface area (Å²) in [4.78, 5) is 4.67. The van der Waals surface area contributed by atoms with E-state index >= 15 is 0 Å². The van der Waals surface area contributed by atoms with E-state index in [1.54, 1.807) is 0 Å². The van der Waals surface area contributed by atoms with Crippen LogP contribution in [0.4, 0.5) is 0 Å². The molecule has 0 aromatic heterocycles. The van der Waals surface area contributed by atoms with Crippen molar-refractivity contribution in [3.8, 4) is 6.07 Å². The Labute approximate surface area is 105 Å². The smallest absolute Gasteiger partial charge is 0.121 e. The van der Waals surface area contributed by atoms with Crippen molar-refractivity contribution in [1.29, 1.82) is 5.26 Å². The van der Waals surface area contributed by atoms with Gasteiger partial charge in [0.1, 0.15) is 5.54 Å². The van der Waals surface area contributed by atoms with Crippen molar-refractivity contribution in [2.24, 2.45) is 0 Å². The summed E-state index contributed by atoms with van der Waals surface area (Å²) in [6.07, 6.45) is 3.61. The third-order valence-electron chi connectivity index (χ3n) is 3.91. The molecule has 2 aliphatic rings. The molecule has 1 heterocycles. The number of likely N-dealkylation sites (tertiary alicyclic amines) is 1. The second-order valence-electron chi connectivity index (χ2n) is 5.88. The summed E-state index contributed by atoms with van der Waals surface area (Å²) in [5.74, 6) is 0. The molecule has 17 heavy (non-hydrogen) atoms. The van der Waals surface area contributed by atoms with Crippen molar-refractivity contribution in [2.75, 3.05) is 33.7 Å². The van der Waals surface area contributed by atoms with E-state index in [0.717, 1.165) is 32.1 Å². The zero-order chi connectivity index (χ0) is 12.5. The van der Waals surface area contributed by atoms with E-state index < -0.39 is 0 Å². The largest absolute Gasteiger partial charge is 0.308 e. The lowest BCUT2D eigenvalue weighted by atomic mass is 9.98. The quantitative estimate of drug-likeness (QED) is 0.761. The van der Waals surface area contributed by atoms with Crippen LogP contribution < -0.4 is 5.32 Å². The van der Waals surface area contributed by atoms with Gasteiger partial charge in [0.25, 0.3) is 0 Å². The Hall–Kier alpha value is -0.630. The van der Waals surface area contributed by atoms with E-state index in [1.165, 1.54) is 12.8 Å². The molecule has 1 saturated heterocycles. The van der Waals surface area contributed by atoms with Crippen LogP contribution in [0.1, 0.15) is 26.2 Å². The number of likely N-dealkylation sites (N-methyl/N-ethyl adjacent to an activating group) is 1. The zero-order valence-electron chi connectivity index (χ0n) is 11.2. The van der Waals surface area contributed by atoms with Crippen LogP contribution in [0.5, 0.6) is 0 Å². The molecule has 96 valence electrons. The van der Waals surface area contributed by atoms with Crippen molar-refractivity contribution in [3.63, 3.8) is 0 Å². The summed E-state index contributed by atoms with van der Waals surface area (Å²) in [5, 5.41) is 12.9. The van der Waals surface area contributed by atoms with Gasteiger partial charge in [-0.2, -0.15) is 5.26 Å². The average Bonchev–Trinajstić information content (AvgIpc) is 3.04. The molecule has 1 aliphatic heterocycles. The van der Waals surface area contributed by atoms with Gasteiger partial charge in [-0.3, -0.25) is 10.2 Å². The van der Waals surface area contributed by atoms with Crippen LogP contribution in [0.25, 0.3) is 0 Å². The molecular formula is C13H24N4. The maximum Gasteiger partial charge on any atom is 0.121 e. The fraction of sp³-hybridized carbons (Fsp3) is 0.923. The Balaban J connectivity index is 1.89. The molecule has 2 unspecified atom stereocenters. The monoisotopic (exact) mass is 236 g/mol. The summed E-state index contributed by atoms with van der Waals surface area (Å²) in [6.45, 7) is 5.04. The summed E-state index contributed by atoms with van der Waals surface area (Å²) in [7, 11) is 4.13. The molecule has 0 aromatic carbocycles. The van der Waals surface area contributed by atoms with E-state index in [2.05, 4.69) is 42.2 Å². The average molecular weight is 236 g/mol. The third kappa shape index (κ3) is 2.98. The van der Waals surface area contributed by atoms with Gasteiger partial charge in [0.15, 0.2) is 0 Å². The van der Waals surface area contributed by atoms with Crippen LogP contribution in [-0.4, -0.2) is 61.2 Å². The topological polar surface area (TPSA) is 42.3 Å². The van der Waals surface area contributed by atoms with Crippen molar-refractivity contribution in [1.82, 2.24) is 15.1 Å². The van der Waals surface area contributed by atoms with E-state index in [-0.39, 0.29) is 5.54 Å². The first-order chi connectivity index (χ1) is 8.06. The number of hydrogen-bond donors (Lipinski definition) is 1. The van der Waals surface area contributed by atoms with Gasteiger partial charge < -0.3 is 4.90 Å². The molecule has 2 rings (SSSR count). The lowest BCUT2D eigenvalue weighted by molar-refractivity contribution is 0.249. The van der Waals surface area contributed by atoms with Crippen molar-refractivity contribution in [3.05, 3.63) is 0 Å². The fourth-order valence-electron chi connectivity index (χ4n) is 2.82. The predicted octanol–water partition coefficient (Wildman–Crippen LogP) is 0.657. The second kappa shape index (κ2) is 4.93. The number of hydrogen-bond acceptors (Lipinski definition) is 4. The number of rotatable bonds is 5. The third-order valence-corrected chi connectivity index (χ3v) is 3.91. The minimum Gasteiger partial charge on any atom is -0.308 e. The van der Waals surface area contributed by atoms with Crippen LogP contribution in [0.3, 0.4) is 0 Å². The van der Waals surface area contributed by atoms with Gasteiger partial charge in [0, 0.05) is 31.7 Å². The minimum atomic E-state index is -0.308. The van der Waals surface area contributed by atoms with Gasteiger partial charge in [0.2, 0.25) is 0 Å². The van der Waals surface area contributed by atoms with Gasteiger partial charge in [0.05, 0.1) is 6.07 Å². The molecule has 4 nitrogen and oxygen atoms in total. The summed E-state index contributed by atoms with van der Waals surface area (Å²) in [6, 6.07) is 3.83. The molecular weight excluding hydrogens is 212 g/mol. The Morgan fingerprint density at radius 3 is 2.71 bits per heavy atom. The molecule has 0 spiro atoms. The molecule has 0 bridgehead atoms. The maximum atomic E-state index is 9.47. The SMILES string of the molecule is CC1CC(C#N)(NCCN(C)C)CN1C1CC1. The van der Waals surface area contributed by atoms with Crippen molar-refractivity contribution < 1.29 is 0 Å². The summed E-state index contributed by atoms with van der Waals surface area (Å²) >= 11 is 0. The van der Waals surface area contributed by atoms with Crippen molar-refractivity contribution in [2.45, 2.75) is 43.8 Å². The van der Waals surface area contributed by atoms with Gasteiger partial charge in [-0.1, -0.05) is 0 Å². The molecule has 1 saturated carbocycles. The van der Waals surface area contributed by atoms with Gasteiger partial charge in [-0.25, -0.2) is 0 Å². The van der Waals surface area contributed by atoms with Crippen molar-refractivity contribution >= 4 is 0 Å². The minimum absolute atomic E-state index is 0.308. The summed E-state index contributed by atoms with van der Waals surface area (Å²) in [5.41, 5.74) is -0.308. The normalized spacial score (nSPS) is 34.2. The zero-order valence-corrected chi connectivity index (χ0v) is 11.2. The van der Waals surface area contributed by atoms with E-state index in [9.17, 15) is 5.26 Å². The first-order valence-corrected chi connectivity index (χ1v) is 6.63. The number of nitrogens with one attached hydrogen (secondary N) is 1. The lowest BCUT2D eigenvalue weighted by Crippen LogP contribution is -2.48. The molecule has 0 aromatic rings. The molecule has 2 fully saturated rings. The van der Waals surface area contributed by atoms with Crippen LogP contribution in [0.2, 0.25) is 0 Å². The van der Waals surface area contributed by atoms with Crippen LogP contribution >= 0.6 is 0 Å². The standard InChI is InChI=1S/C13H24N4/c1-11-8-13(9-14,15-6-7-16(2)3)10-17(11)12-4-5-12/h11-12,15H,4-8,10H2,1-3H3. The lowest BCUT2D eigenvalue weighted by Gasteiger charge is -2.24. The van der Waals surface area contributed by atoms with Crippen LogP contribution in [-0.2, 0) is 0 Å². The molecule has 0 amide bonds. The van der Waals surface area contributed by atoms with E-state index in [1.807, 2.05) is 0 Å². The van der Waals surface area contributed by atoms with Crippen LogP contribution in [0.15, 0.2) is 0 Å². The highest BCUT2D eigenvalue weighted by molar-refractivity contribution is 5.16. The first kappa shape index (κ1) is 12.8. The Kier molecular flexibility index (Phi) is 3.72. The Morgan fingerprint density at radius 1 is 1.47 bits per heavy atom. The number of nitriles is 1. The summed E-state index contributed by atoms with van der Waals surface area (Å²) < 4.78 is 0. The predicted molar refractivity (Wildman–Crippen MR) is 68.7 cm³/mol. The molecule has 1 aliphatic carbocycles. The molecule has 4 heteroatoms. The highest BCUT2D eigenvalue weighted by atomic mass is 15.3. The highest BCUT2D eigenvalue weighted by Gasteiger charge is 2.47. The number of nitrogens with zero attached hydrogens (tertiary/aromatic N) is 3. The fourth-order valence-corrected chi connectivity index (χ4v) is 2.82. The molecule has 1 N–H and O–H groups in total. The first-order valence-electron chi connectivity index (χ1n) is 6.63.